The molecule has 84 valence electrons. The Morgan fingerprint density at radius 1 is 1.12 bits per heavy atom. The van der Waals surface area contributed by atoms with Gasteiger partial charge in [0.25, 0.3) is 0 Å². The molecule has 0 aliphatic rings. The number of pyridine rings is 1. The second-order valence-electron chi connectivity index (χ2n) is 3.85. The number of methoxy groups -OCH3 is 1. The van der Waals surface area contributed by atoms with Gasteiger partial charge in [-0.15, -0.1) is 0 Å². The quantitative estimate of drug-likeness (QED) is 0.791. The first-order valence-corrected chi connectivity index (χ1v) is 5.31. The van der Waals surface area contributed by atoms with Crippen molar-refractivity contribution in [1.29, 1.82) is 0 Å². The number of para-hydroxylation sites is 1. The van der Waals surface area contributed by atoms with Gasteiger partial charge in [-0.1, -0.05) is 12.1 Å². The minimum absolute atomic E-state index is 0.125. The third-order valence-corrected chi connectivity index (χ3v) is 2.23. The van der Waals surface area contributed by atoms with E-state index >= 15 is 0 Å². The van der Waals surface area contributed by atoms with Crippen LogP contribution in [0.1, 0.15) is 13.8 Å². The molecule has 16 heavy (non-hydrogen) atoms. The van der Waals surface area contributed by atoms with Crippen molar-refractivity contribution in [3.05, 3.63) is 30.3 Å². The van der Waals surface area contributed by atoms with Gasteiger partial charge in [0.2, 0.25) is 5.88 Å². The van der Waals surface area contributed by atoms with Crippen molar-refractivity contribution in [2.75, 3.05) is 7.11 Å². The maximum absolute atomic E-state index is 5.56. The fourth-order valence-corrected chi connectivity index (χ4v) is 1.57. The standard InChI is InChI=1S/C13H15NO2/c1-9(2)16-12-8-7-10-5-4-6-11(15-3)13(10)14-12/h4-9H,1-3H3. The second-order valence-corrected chi connectivity index (χ2v) is 3.85. The molecule has 0 N–H and O–H groups in total. The van der Waals surface area contributed by atoms with Gasteiger partial charge in [-0.3, -0.25) is 0 Å². The molecule has 0 spiro atoms. The van der Waals surface area contributed by atoms with Crippen LogP contribution in [0.4, 0.5) is 0 Å². The molecule has 2 aromatic rings. The van der Waals surface area contributed by atoms with Crippen LogP contribution in [-0.2, 0) is 0 Å². The van der Waals surface area contributed by atoms with Gasteiger partial charge in [-0.05, 0) is 26.0 Å². The second kappa shape index (κ2) is 4.39. The van der Waals surface area contributed by atoms with Crippen molar-refractivity contribution in [2.24, 2.45) is 0 Å². The van der Waals surface area contributed by atoms with Gasteiger partial charge in [-0.25, -0.2) is 4.98 Å². The van der Waals surface area contributed by atoms with Crippen molar-refractivity contribution >= 4 is 10.9 Å². The Balaban J connectivity index is 2.50. The van der Waals surface area contributed by atoms with Crippen molar-refractivity contribution in [1.82, 2.24) is 4.98 Å². The van der Waals surface area contributed by atoms with Crippen molar-refractivity contribution in [3.8, 4) is 11.6 Å². The molecule has 0 atom stereocenters. The predicted octanol–water partition coefficient (Wildman–Crippen LogP) is 3.03. The summed E-state index contributed by atoms with van der Waals surface area (Å²) in [6, 6.07) is 9.72. The van der Waals surface area contributed by atoms with Crippen LogP contribution < -0.4 is 9.47 Å². The van der Waals surface area contributed by atoms with E-state index in [4.69, 9.17) is 9.47 Å². The van der Waals surface area contributed by atoms with Gasteiger partial charge in [0.1, 0.15) is 11.3 Å². The van der Waals surface area contributed by atoms with E-state index in [0.29, 0.717) is 5.88 Å². The molecule has 0 saturated carbocycles. The fraction of sp³-hybridized carbons (Fsp3) is 0.308. The molecule has 0 amide bonds. The molecular weight excluding hydrogens is 202 g/mol. The van der Waals surface area contributed by atoms with Crippen molar-refractivity contribution in [2.45, 2.75) is 20.0 Å². The lowest BCUT2D eigenvalue weighted by atomic mass is 10.2. The zero-order valence-electron chi connectivity index (χ0n) is 9.73. The first-order chi connectivity index (χ1) is 7.70. The summed E-state index contributed by atoms with van der Waals surface area (Å²) in [5, 5.41) is 1.05. The molecule has 0 unspecified atom stereocenters. The van der Waals surface area contributed by atoms with E-state index in [0.717, 1.165) is 16.7 Å². The molecule has 0 saturated heterocycles. The summed E-state index contributed by atoms with van der Waals surface area (Å²) in [5.74, 6) is 1.40. The van der Waals surface area contributed by atoms with Crippen LogP contribution in [0, 0.1) is 0 Å². The van der Waals surface area contributed by atoms with Gasteiger partial charge in [0.15, 0.2) is 0 Å². The highest BCUT2D eigenvalue weighted by Gasteiger charge is 2.05. The molecule has 0 aliphatic carbocycles. The average molecular weight is 217 g/mol. The van der Waals surface area contributed by atoms with E-state index < -0.39 is 0 Å². The zero-order chi connectivity index (χ0) is 11.5. The molecule has 0 aliphatic heterocycles. The minimum atomic E-state index is 0.125. The molecule has 0 bridgehead atoms. The van der Waals surface area contributed by atoms with Gasteiger partial charge in [0.05, 0.1) is 13.2 Å². The SMILES string of the molecule is COc1cccc2ccc(OC(C)C)nc12. The Labute approximate surface area is 95.0 Å². The zero-order valence-corrected chi connectivity index (χ0v) is 9.73. The van der Waals surface area contributed by atoms with E-state index in [9.17, 15) is 0 Å². The van der Waals surface area contributed by atoms with Crippen LogP contribution in [0.2, 0.25) is 0 Å². The summed E-state index contributed by atoms with van der Waals surface area (Å²) in [6.45, 7) is 3.96. The molecule has 0 fully saturated rings. The number of ether oxygens (including phenoxy) is 2. The summed E-state index contributed by atoms with van der Waals surface area (Å²) in [7, 11) is 1.65. The lowest BCUT2D eigenvalue weighted by Gasteiger charge is -2.10. The molecule has 1 aromatic carbocycles. The highest BCUT2D eigenvalue weighted by molar-refractivity contribution is 5.84. The molecular formula is C13H15NO2. The van der Waals surface area contributed by atoms with Crippen LogP contribution in [0.3, 0.4) is 0 Å². The van der Waals surface area contributed by atoms with Crippen LogP contribution in [0.5, 0.6) is 11.6 Å². The van der Waals surface area contributed by atoms with Crippen LogP contribution in [0.25, 0.3) is 10.9 Å². The summed E-state index contributed by atoms with van der Waals surface area (Å²) < 4.78 is 10.8. The Morgan fingerprint density at radius 2 is 1.94 bits per heavy atom. The predicted molar refractivity (Wildman–Crippen MR) is 64.1 cm³/mol. The first-order valence-electron chi connectivity index (χ1n) is 5.31. The number of aromatic nitrogens is 1. The lowest BCUT2D eigenvalue weighted by Crippen LogP contribution is -2.06. The van der Waals surface area contributed by atoms with E-state index in [1.165, 1.54) is 0 Å². The van der Waals surface area contributed by atoms with E-state index in [1.807, 2.05) is 44.2 Å². The lowest BCUT2D eigenvalue weighted by molar-refractivity contribution is 0.233. The topological polar surface area (TPSA) is 31.4 Å². The smallest absolute Gasteiger partial charge is 0.214 e. The summed E-state index contributed by atoms with van der Waals surface area (Å²) in [4.78, 5) is 4.44. The summed E-state index contributed by atoms with van der Waals surface area (Å²) in [5.41, 5.74) is 0.836. The fourth-order valence-electron chi connectivity index (χ4n) is 1.57. The Kier molecular flexibility index (Phi) is 2.95. The number of fused-ring (bicyclic) bond motifs is 1. The van der Waals surface area contributed by atoms with E-state index in [-0.39, 0.29) is 6.10 Å². The van der Waals surface area contributed by atoms with Crippen molar-refractivity contribution < 1.29 is 9.47 Å². The van der Waals surface area contributed by atoms with Crippen LogP contribution >= 0.6 is 0 Å². The molecule has 1 aromatic heterocycles. The summed E-state index contributed by atoms with van der Waals surface area (Å²) in [6.07, 6.45) is 0.125. The summed E-state index contributed by atoms with van der Waals surface area (Å²) >= 11 is 0. The molecule has 3 heteroatoms. The molecule has 3 nitrogen and oxygen atoms in total. The highest BCUT2D eigenvalue weighted by atomic mass is 16.5. The molecule has 2 rings (SSSR count). The number of hydrogen-bond donors (Lipinski definition) is 0. The average Bonchev–Trinajstić information content (AvgIpc) is 2.27. The Hall–Kier alpha value is -1.77. The Morgan fingerprint density at radius 3 is 2.62 bits per heavy atom. The molecule has 0 radical (unpaired) electrons. The number of nitrogens with zero attached hydrogens (tertiary/aromatic N) is 1. The van der Waals surface area contributed by atoms with Crippen molar-refractivity contribution in [3.63, 3.8) is 0 Å². The maximum Gasteiger partial charge on any atom is 0.214 e. The van der Waals surface area contributed by atoms with Crippen LogP contribution in [0.15, 0.2) is 30.3 Å². The van der Waals surface area contributed by atoms with Crippen LogP contribution in [-0.4, -0.2) is 18.2 Å². The van der Waals surface area contributed by atoms with Gasteiger partial charge < -0.3 is 9.47 Å². The third kappa shape index (κ3) is 2.08. The highest BCUT2D eigenvalue weighted by Crippen LogP contribution is 2.25. The number of rotatable bonds is 3. The molecule has 1 heterocycles. The number of hydrogen-bond acceptors (Lipinski definition) is 3. The largest absolute Gasteiger partial charge is 0.494 e. The van der Waals surface area contributed by atoms with E-state index in [2.05, 4.69) is 4.98 Å². The van der Waals surface area contributed by atoms with E-state index in [1.54, 1.807) is 7.11 Å². The minimum Gasteiger partial charge on any atom is -0.494 e. The monoisotopic (exact) mass is 217 g/mol. The van der Waals surface area contributed by atoms with Gasteiger partial charge in [0, 0.05) is 11.5 Å². The first kappa shape index (κ1) is 10.7. The third-order valence-electron chi connectivity index (χ3n) is 2.23. The maximum atomic E-state index is 5.56. The van der Waals surface area contributed by atoms with Gasteiger partial charge in [-0.2, -0.15) is 0 Å². The Bertz CT molecular complexity index is 494. The number of benzene rings is 1. The normalized spacial score (nSPS) is 10.8. The van der Waals surface area contributed by atoms with Gasteiger partial charge >= 0.3 is 0 Å².